The van der Waals surface area contributed by atoms with E-state index >= 15 is 0 Å². The van der Waals surface area contributed by atoms with E-state index in [0.717, 1.165) is 38.5 Å². The highest BCUT2D eigenvalue weighted by Crippen LogP contribution is 2.28. The van der Waals surface area contributed by atoms with Gasteiger partial charge in [-0.25, -0.2) is 4.98 Å². The molecule has 1 fully saturated rings. The lowest BCUT2D eigenvalue weighted by molar-refractivity contribution is -0.274. The minimum Gasteiger partial charge on any atom is -0.458 e. The number of anilines is 1. The van der Waals surface area contributed by atoms with Crippen LogP contribution in [0.15, 0.2) is 42.5 Å². The molecule has 2 aromatic rings. The lowest BCUT2D eigenvalue weighted by atomic mass is 10.1. The average molecular weight is 479 g/mol. The van der Waals surface area contributed by atoms with E-state index < -0.39 is 6.36 Å². The Morgan fingerprint density at radius 1 is 1.06 bits per heavy atom. The Labute approximate surface area is 196 Å². The van der Waals surface area contributed by atoms with Crippen molar-refractivity contribution in [3.8, 4) is 17.0 Å². The van der Waals surface area contributed by atoms with Crippen LogP contribution in [0, 0.1) is 0 Å². The maximum Gasteiger partial charge on any atom is 0.573 e. The maximum atomic E-state index is 12.5. The summed E-state index contributed by atoms with van der Waals surface area (Å²) >= 11 is 0. The second-order valence-electron chi connectivity index (χ2n) is 7.94. The number of rotatable bonds is 10. The molecule has 0 atom stereocenters. The minimum absolute atomic E-state index is 0.0931. The van der Waals surface area contributed by atoms with Crippen molar-refractivity contribution in [1.29, 1.82) is 0 Å². The van der Waals surface area contributed by atoms with Crippen LogP contribution in [0.25, 0.3) is 11.3 Å². The molecule has 0 bridgehead atoms. The van der Waals surface area contributed by atoms with Crippen molar-refractivity contribution in [2.75, 3.05) is 44.2 Å². The lowest BCUT2D eigenvalue weighted by Gasteiger charge is -2.35. The summed E-state index contributed by atoms with van der Waals surface area (Å²) in [5.74, 6) is 0.0192. The van der Waals surface area contributed by atoms with Crippen molar-refractivity contribution >= 4 is 17.6 Å². The number of aromatic nitrogens is 1. The summed E-state index contributed by atoms with van der Waals surface area (Å²) in [6.45, 7) is 5.40. The number of ketones is 1. The quantitative estimate of drug-likeness (QED) is 0.476. The molecule has 1 aliphatic rings. The smallest absolute Gasteiger partial charge is 0.458 e. The van der Waals surface area contributed by atoms with E-state index in [-0.39, 0.29) is 30.5 Å². The summed E-state index contributed by atoms with van der Waals surface area (Å²) in [4.78, 5) is 31.9. The first-order valence-corrected chi connectivity index (χ1v) is 11.2. The molecule has 1 aliphatic heterocycles. The van der Waals surface area contributed by atoms with Crippen molar-refractivity contribution in [3.05, 3.63) is 42.5 Å². The molecule has 2 heterocycles. The van der Waals surface area contributed by atoms with Gasteiger partial charge in [0.05, 0.1) is 5.69 Å². The number of halogens is 3. The number of benzene rings is 1. The zero-order valence-corrected chi connectivity index (χ0v) is 19.0. The molecule has 0 unspecified atom stereocenters. The number of carbonyl (C=O) groups excluding carboxylic acids is 2. The van der Waals surface area contributed by atoms with Gasteiger partial charge in [0.1, 0.15) is 18.2 Å². The summed E-state index contributed by atoms with van der Waals surface area (Å²) in [5.41, 5.74) is 1.10. The number of alkyl halides is 3. The van der Waals surface area contributed by atoms with Crippen LogP contribution in [-0.2, 0) is 14.3 Å². The Hall–Kier alpha value is -3.14. The molecule has 1 saturated heterocycles. The molecule has 0 N–H and O–H groups in total. The van der Waals surface area contributed by atoms with Crippen LogP contribution in [-0.4, -0.2) is 67.3 Å². The molecule has 0 saturated carbocycles. The maximum absolute atomic E-state index is 12.5. The van der Waals surface area contributed by atoms with Crippen LogP contribution in [0.2, 0.25) is 0 Å². The van der Waals surface area contributed by atoms with Crippen LogP contribution in [0.3, 0.4) is 0 Å². The van der Waals surface area contributed by atoms with E-state index in [9.17, 15) is 22.8 Å². The van der Waals surface area contributed by atoms with Gasteiger partial charge in [-0.1, -0.05) is 25.1 Å². The predicted octanol–water partition coefficient (Wildman–Crippen LogP) is 4.07. The van der Waals surface area contributed by atoms with Gasteiger partial charge in [0, 0.05) is 44.6 Å². The SMILES string of the molecule is CCC(=O)COC(=O)CCCN1CCN(c2cccc(-c3cccc(OC(F)(F)F)c3)n2)CC1. The van der Waals surface area contributed by atoms with Crippen LogP contribution in [0.4, 0.5) is 19.0 Å². The molecule has 0 amide bonds. The topological polar surface area (TPSA) is 72.0 Å². The predicted molar refractivity (Wildman–Crippen MR) is 121 cm³/mol. The second-order valence-corrected chi connectivity index (χ2v) is 7.94. The fourth-order valence-electron chi connectivity index (χ4n) is 3.60. The molecule has 184 valence electrons. The summed E-state index contributed by atoms with van der Waals surface area (Å²) in [5, 5.41) is 0. The third-order valence-corrected chi connectivity index (χ3v) is 5.44. The Balaban J connectivity index is 1.49. The van der Waals surface area contributed by atoms with Crippen molar-refractivity contribution in [2.45, 2.75) is 32.5 Å². The molecule has 1 aromatic carbocycles. The summed E-state index contributed by atoms with van der Waals surface area (Å²) in [6.07, 6.45) is -3.46. The number of carbonyl (C=O) groups is 2. The van der Waals surface area contributed by atoms with Crippen molar-refractivity contribution in [1.82, 2.24) is 9.88 Å². The number of esters is 1. The van der Waals surface area contributed by atoms with Gasteiger partial charge >= 0.3 is 12.3 Å². The van der Waals surface area contributed by atoms with Gasteiger partial charge in [0.15, 0.2) is 5.78 Å². The summed E-state index contributed by atoms with van der Waals surface area (Å²) in [7, 11) is 0. The van der Waals surface area contributed by atoms with E-state index in [1.807, 2.05) is 12.1 Å². The third kappa shape index (κ3) is 8.02. The number of nitrogens with zero attached hydrogens (tertiary/aromatic N) is 3. The van der Waals surface area contributed by atoms with Crippen molar-refractivity contribution in [2.24, 2.45) is 0 Å². The molecular formula is C24H28F3N3O4. The average Bonchev–Trinajstić information content (AvgIpc) is 2.82. The minimum atomic E-state index is -4.75. The Bertz CT molecular complexity index is 976. The zero-order valence-electron chi connectivity index (χ0n) is 19.0. The van der Waals surface area contributed by atoms with E-state index in [4.69, 9.17) is 4.74 Å². The number of piperazine rings is 1. The van der Waals surface area contributed by atoms with Crippen LogP contribution in [0.5, 0.6) is 5.75 Å². The van der Waals surface area contributed by atoms with Gasteiger partial charge in [-0.05, 0) is 37.2 Å². The van der Waals surface area contributed by atoms with Crippen molar-refractivity contribution in [3.63, 3.8) is 0 Å². The first-order chi connectivity index (χ1) is 16.2. The van der Waals surface area contributed by atoms with Crippen molar-refractivity contribution < 1.29 is 32.2 Å². The molecule has 34 heavy (non-hydrogen) atoms. The molecule has 0 aliphatic carbocycles. The van der Waals surface area contributed by atoms with E-state index in [1.54, 1.807) is 19.1 Å². The molecular weight excluding hydrogens is 451 g/mol. The second kappa shape index (κ2) is 11.8. The van der Waals surface area contributed by atoms with Gasteiger partial charge in [0.2, 0.25) is 0 Å². The fraction of sp³-hybridized carbons (Fsp3) is 0.458. The highest BCUT2D eigenvalue weighted by atomic mass is 19.4. The van der Waals surface area contributed by atoms with E-state index in [1.165, 1.54) is 18.2 Å². The third-order valence-electron chi connectivity index (χ3n) is 5.44. The molecule has 3 rings (SSSR count). The zero-order chi connectivity index (χ0) is 24.6. The van der Waals surface area contributed by atoms with E-state index in [0.29, 0.717) is 24.1 Å². The number of ether oxygens (including phenoxy) is 2. The molecule has 1 aromatic heterocycles. The van der Waals surface area contributed by atoms with Crippen LogP contribution in [0.1, 0.15) is 26.2 Å². The molecule has 10 heteroatoms. The largest absolute Gasteiger partial charge is 0.573 e. The Kier molecular flexibility index (Phi) is 8.86. The number of hydrogen-bond acceptors (Lipinski definition) is 7. The molecule has 0 radical (unpaired) electrons. The standard InChI is InChI=1S/C24H28F3N3O4/c1-2-19(31)17-33-23(32)10-5-11-29-12-14-30(15-13-29)22-9-4-8-21(28-22)18-6-3-7-20(16-18)34-24(25,26)27/h3-4,6-9,16H,2,5,10-15,17H2,1H3. The monoisotopic (exact) mass is 479 g/mol. The first-order valence-electron chi connectivity index (χ1n) is 11.2. The van der Waals surface area contributed by atoms with Gasteiger partial charge < -0.3 is 14.4 Å². The molecule has 0 spiro atoms. The highest BCUT2D eigenvalue weighted by Gasteiger charge is 2.31. The van der Waals surface area contributed by atoms with Gasteiger partial charge in [-0.3, -0.25) is 14.5 Å². The Morgan fingerprint density at radius 3 is 2.50 bits per heavy atom. The first kappa shape index (κ1) is 25.5. The normalized spacial score (nSPS) is 14.6. The van der Waals surface area contributed by atoms with Gasteiger partial charge in [-0.2, -0.15) is 0 Å². The lowest BCUT2D eigenvalue weighted by Crippen LogP contribution is -2.47. The summed E-state index contributed by atoms with van der Waals surface area (Å²) in [6, 6.07) is 11.2. The van der Waals surface area contributed by atoms with Crippen LogP contribution >= 0.6 is 0 Å². The number of pyridine rings is 1. The van der Waals surface area contributed by atoms with E-state index in [2.05, 4.69) is 19.5 Å². The van der Waals surface area contributed by atoms with Gasteiger partial charge in [0.25, 0.3) is 0 Å². The van der Waals surface area contributed by atoms with Gasteiger partial charge in [-0.15, -0.1) is 13.2 Å². The number of Topliss-reactive ketones (excluding diaryl/α,β-unsaturated/α-hetero) is 1. The van der Waals surface area contributed by atoms with Crippen LogP contribution < -0.4 is 9.64 Å². The highest BCUT2D eigenvalue weighted by molar-refractivity contribution is 5.82. The fourth-order valence-corrected chi connectivity index (χ4v) is 3.60. The summed E-state index contributed by atoms with van der Waals surface area (Å²) < 4.78 is 46.5. The Morgan fingerprint density at radius 2 is 1.79 bits per heavy atom. The molecule has 7 nitrogen and oxygen atoms in total. The number of hydrogen-bond donors (Lipinski definition) is 0.